The summed E-state index contributed by atoms with van der Waals surface area (Å²) in [6, 6.07) is 4.47. The molecule has 0 saturated heterocycles. The Kier molecular flexibility index (Phi) is 5.92. The van der Waals surface area contributed by atoms with Crippen LogP contribution in [0.5, 0.6) is 0 Å². The number of anilines is 2. The molecule has 9 heteroatoms. The molecule has 0 aliphatic heterocycles. The number of aromatic nitrogens is 2. The monoisotopic (exact) mass is 384 g/mol. The molecule has 0 bridgehead atoms. The molecule has 1 aromatic heterocycles. The first-order valence-corrected chi connectivity index (χ1v) is 8.26. The third-order valence-electron chi connectivity index (χ3n) is 3.38. The van der Waals surface area contributed by atoms with Gasteiger partial charge >= 0.3 is 5.97 Å². The van der Waals surface area contributed by atoms with E-state index < -0.39 is 18.0 Å². The highest BCUT2D eigenvalue weighted by Gasteiger charge is 2.23. The van der Waals surface area contributed by atoms with Gasteiger partial charge in [0.05, 0.1) is 22.5 Å². The van der Waals surface area contributed by atoms with Crippen molar-refractivity contribution >= 4 is 46.6 Å². The molecule has 1 aromatic carbocycles. The van der Waals surface area contributed by atoms with Gasteiger partial charge in [-0.1, -0.05) is 23.2 Å². The maximum absolute atomic E-state index is 12.3. The zero-order valence-electron chi connectivity index (χ0n) is 13.9. The quantitative estimate of drug-likeness (QED) is 0.606. The van der Waals surface area contributed by atoms with Gasteiger partial charge in [-0.15, -0.1) is 0 Å². The SMILES string of the molecule is CC(C)n1nccc1NC(=O)[C@H](C)OC(=O)c1cc(Cl)cc(Cl)c1N. The average molecular weight is 385 g/mol. The molecule has 0 fully saturated rings. The lowest BCUT2D eigenvalue weighted by atomic mass is 10.2. The molecule has 0 unspecified atom stereocenters. The van der Waals surface area contributed by atoms with Crippen molar-refractivity contribution in [1.29, 1.82) is 0 Å². The molecule has 3 N–H and O–H groups in total. The van der Waals surface area contributed by atoms with Crippen LogP contribution in [0.4, 0.5) is 11.5 Å². The molecule has 2 rings (SSSR count). The summed E-state index contributed by atoms with van der Waals surface area (Å²) in [6.07, 6.45) is 0.515. The number of benzene rings is 1. The minimum atomic E-state index is -1.06. The van der Waals surface area contributed by atoms with Crippen LogP contribution in [0.15, 0.2) is 24.4 Å². The topological polar surface area (TPSA) is 99.2 Å². The van der Waals surface area contributed by atoms with Crippen molar-refractivity contribution in [3.8, 4) is 0 Å². The van der Waals surface area contributed by atoms with Crippen molar-refractivity contribution in [2.45, 2.75) is 32.9 Å². The summed E-state index contributed by atoms with van der Waals surface area (Å²) in [6.45, 7) is 5.31. The van der Waals surface area contributed by atoms with E-state index in [9.17, 15) is 9.59 Å². The van der Waals surface area contributed by atoms with Crippen LogP contribution in [0.2, 0.25) is 10.0 Å². The summed E-state index contributed by atoms with van der Waals surface area (Å²) in [5, 5.41) is 7.16. The van der Waals surface area contributed by atoms with E-state index in [-0.39, 0.29) is 27.3 Å². The average Bonchev–Trinajstić information content (AvgIpc) is 2.98. The number of hydrogen-bond donors (Lipinski definition) is 2. The second kappa shape index (κ2) is 7.76. The molecule has 0 aliphatic rings. The van der Waals surface area contributed by atoms with E-state index in [0.717, 1.165) is 0 Å². The van der Waals surface area contributed by atoms with Gasteiger partial charge in [-0.3, -0.25) is 4.79 Å². The summed E-state index contributed by atoms with van der Waals surface area (Å²) in [5.74, 6) is -0.780. The van der Waals surface area contributed by atoms with Gasteiger partial charge in [-0.2, -0.15) is 5.10 Å². The number of amides is 1. The second-order valence-electron chi connectivity index (χ2n) is 5.64. The highest BCUT2D eigenvalue weighted by Crippen LogP contribution is 2.28. The number of nitrogen functional groups attached to an aromatic ring is 1. The number of esters is 1. The van der Waals surface area contributed by atoms with Crippen LogP contribution in [0.3, 0.4) is 0 Å². The van der Waals surface area contributed by atoms with E-state index in [1.165, 1.54) is 19.1 Å². The molecular formula is C16H18Cl2N4O3. The van der Waals surface area contributed by atoms with Gasteiger partial charge in [0, 0.05) is 17.1 Å². The Labute approximate surface area is 155 Å². The molecule has 0 spiro atoms. The third-order valence-corrected chi connectivity index (χ3v) is 3.91. The largest absolute Gasteiger partial charge is 0.449 e. The van der Waals surface area contributed by atoms with Crippen LogP contribution >= 0.6 is 23.2 Å². The van der Waals surface area contributed by atoms with E-state index in [1.807, 2.05) is 13.8 Å². The van der Waals surface area contributed by atoms with Crippen molar-refractivity contribution in [3.63, 3.8) is 0 Å². The number of rotatable bonds is 5. The van der Waals surface area contributed by atoms with E-state index in [4.69, 9.17) is 33.7 Å². The van der Waals surface area contributed by atoms with Crippen LogP contribution in [0.1, 0.15) is 37.2 Å². The Morgan fingerprint density at radius 3 is 2.60 bits per heavy atom. The summed E-state index contributed by atoms with van der Waals surface area (Å²) in [7, 11) is 0. The first-order valence-electron chi connectivity index (χ1n) is 7.50. The zero-order chi connectivity index (χ0) is 18.7. The Bertz CT molecular complexity index is 805. The summed E-state index contributed by atoms with van der Waals surface area (Å²) < 4.78 is 6.80. The van der Waals surface area contributed by atoms with Gasteiger partial charge < -0.3 is 15.8 Å². The number of hydrogen-bond acceptors (Lipinski definition) is 5. The van der Waals surface area contributed by atoms with Crippen molar-refractivity contribution in [1.82, 2.24) is 9.78 Å². The molecule has 0 aliphatic carbocycles. The molecule has 2 aromatic rings. The lowest BCUT2D eigenvalue weighted by Crippen LogP contribution is -2.31. The lowest BCUT2D eigenvalue weighted by Gasteiger charge is -2.16. The van der Waals surface area contributed by atoms with Crippen LogP contribution in [-0.2, 0) is 9.53 Å². The molecule has 7 nitrogen and oxygen atoms in total. The van der Waals surface area contributed by atoms with Gasteiger partial charge in [0.1, 0.15) is 5.82 Å². The Morgan fingerprint density at radius 1 is 1.28 bits per heavy atom. The minimum absolute atomic E-state index is 0.00405. The Balaban J connectivity index is 2.08. The summed E-state index contributed by atoms with van der Waals surface area (Å²) >= 11 is 11.8. The molecule has 1 heterocycles. The highest BCUT2D eigenvalue weighted by molar-refractivity contribution is 6.37. The van der Waals surface area contributed by atoms with Gasteiger partial charge in [0.15, 0.2) is 6.10 Å². The predicted octanol–water partition coefficient (Wildman–Crippen LogP) is 3.54. The zero-order valence-corrected chi connectivity index (χ0v) is 15.4. The predicted molar refractivity (Wildman–Crippen MR) is 97.0 cm³/mol. The van der Waals surface area contributed by atoms with Crippen LogP contribution in [0, 0.1) is 0 Å². The number of nitrogens with two attached hydrogens (primary N) is 1. The maximum Gasteiger partial charge on any atom is 0.341 e. The Hall–Kier alpha value is -2.25. The fourth-order valence-corrected chi connectivity index (χ4v) is 2.58. The number of carbonyl (C=O) groups excluding carboxylic acids is 2. The number of nitrogens with one attached hydrogen (secondary N) is 1. The number of ether oxygens (including phenoxy) is 1. The standard InChI is InChI=1S/C16H18Cl2N4O3/c1-8(2)22-13(4-5-20-22)21-15(23)9(3)25-16(24)11-6-10(17)7-12(18)14(11)19/h4-9H,19H2,1-3H3,(H,21,23)/t9-/m0/s1. The van der Waals surface area contributed by atoms with Crippen LogP contribution in [-0.4, -0.2) is 27.8 Å². The smallest absolute Gasteiger partial charge is 0.341 e. The molecule has 1 atom stereocenters. The van der Waals surface area contributed by atoms with Crippen LogP contribution in [0.25, 0.3) is 0 Å². The first-order chi connectivity index (χ1) is 11.7. The second-order valence-corrected chi connectivity index (χ2v) is 6.48. The van der Waals surface area contributed by atoms with Gasteiger partial charge in [-0.05, 0) is 32.9 Å². The fourth-order valence-electron chi connectivity index (χ4n) is 2.08. The molecule has 1 amide bonds. The lowest BCUT2D eigenvalue weighted by molar-refractivity contribution is -0.123. The fraction of sp³-hybridized carbons (Fsp3) is 0.312. The van der Waals surface area contributed by atoms with Crippen molar-refractivity contribution in [3.05, 3.63) is 40.0 Å². The first kappa shape index (κ1) is 19.1. The van der Waals surface area contributed by atoms with Gasteiger partial charge in [0.25, 0.3) is 5.91 Å². The molecule has 0 radical (unpaired) electrons. The number of carbonyl (C=O) groups is 2. The highest BCUT2D eigenvalue weighted by atomic mass is 35.5. The molecule has 0 saturated carbocycles. The van der Waals surface area contributed by atoms with E-state index in [1.54, 1.807) is 16.9 Å². The minimum Gasteiger partial charge on any atom is -0.449 e. The molecule has 134 valence electrons. The molecule has 25 heavy (non-hydrogen) atoms. The normalized spacial score (nSPS) is 12.1. The van der Waals surface area contributed by atoms with E-state index in [2.05, 4.69) is 10.4 Å². The van der Waals surface area contributed by atoms with Crippen molar-refractivity contribution in [2.75, 3.05) is 11.1 Å². The van der Waals surface area contributed by atoms with Crippen LogP contribution < -0.4 is 11.1 Å². The van der Waals surface area contributed by atoms with Crippen molar-refractivity contribution in [2.24, 2.45) is 0 Å². The van der Waals surface area contributed by atoms with E-state index in [0.29, 0.717) is 5.82 Å². The maximum atomic E-state index is 12.3. The Morgan fingerprint density at radius 2 is 1.96 bits per heavy atom. The van der Waals surface area contributed by atoms with Gasteiger partial charge in [0.2, 0.25) is 0 Å². The number of halogens is 2. The number of nitrogens with zero attached hydrogens (tertiary/aromatic N) is 2. The summed E-state index contributed by atoms with van der Waals surface area (Å²) in [5.41, 5.74) is 5.81. The van der Waals surface area contributed by atoms with Gasteiger partial charge in [-0.25, -0.2) is 9.48 Å². The molecular weight excluding hydrogens is 367 g/mol. The van der Waals surface area contributed by atoms with Crippen molar-refractivity contribution < 1.29 is 14.3 Å². The van der Waals surface area contributed by atoms with E-state index >= 15 is 0 Å². The third kappa shape index (κ3) is 4.43. The summed E-state index contributed by atoms with van der Waals surface area (Å²) in [4.78, 5) is 24.5.